The number of nitrogens with zero attached hydrogens (tertiary/aromatic N) is 3. The van der Waals surface area contributed by atoms with Crippen LogP contribution in [0.3, 0.4) is 0 Å². The highest BCUT2D eigenvalue weighted by Gasteiger charge is 2.33. The van der Waals surface area contributed by atoms with Crippen LogP contribution in [0.25, 0.3) is 0 Å². The average molecular weight is 465 g/mol. The number of nitrogens with one attached hydrogen (secondary N) is 3. The number of aromatic nitrogens is 2. The van der Waals surface area contributed by atoms with Crippen molar-refractivity contribution >= 4 is 29.0 Å². The molecule has 0 atom stereocenters. The molecule has 8 heteroatoms. The summed E-state index contributed by atoms with van der Waals surface area (Å²) in [6.45, 7) is 3.31. The van der Waals surface area contributed by atoms with Crippen LogP contribution in [0.15, 0.2) is 30.5 Å². The number of piperidine rings is 1. The molecule has 1 aromatic heterocycles. The molecule has 0 unspecified atom stereocenters. The molecule has 2 aliphatic heterocycles. The van der Waals surface area contributed by atoms with Crippen molar-refractivity contribution in [2.45, 2.75) is 51.5 Å². The van der Waals surface area contributed by atoms with E-state index in [2.05, 4.69) is 21.0 Å². The molecule has 1 saturated carbocycles. The number of para-hydroxylation sites is 2. The topological polar surface area (TPSA) is 91.3 Å². The third-order valence-electron chi connectivity index (χ3n) is 7.77. The molecule has 5 rings (SSSR count). The second-order valence-electron chi connectivity index (χ2n) is 10.1. The molecule has 1 aliphatic carbocycles. The summed E-state index contributed by atoms with van der Waals surface area (Å²) in [5.74, 6) is 2.31. The number of fused-ring (bicyclic) bond motifs is 2. The fraction of sp³-hybridized carbons (Fsp3) is 0.577. The van der Waals surface area contributed by atoms with Gasteiger partial charge in [-0.1, -0.05) is 12.1 Å². The van der Waals surface area contributed by atoms with Gasteiger partial charge < -0.3 is 20.9 Å². The maximum absolute atomic E-state index is 13.7. The molecule has 0 radical (unpaired) electrons. The van der Waals surface area contributed by atoms with E-state index in [1.165, 1.54) is 0 Å². The average Bonchev–Trinajstić information content (AvgIpc) is 3.11. The van der Waals surface area contributed by atoms with Crippen molar-refractivity contribution in [2.24, 2.45) is 24.8 Å². The Morgan fingerprint density at radius 1 is 1.06 bits per heavy atom. The van der Waals surface area contributed by atoms with E-state index in [4.69, 9.17) is 0 Å². The number of hydrogen-bond acceptors (Lipinski definition) is 5. The van der Waals surface area contributed by atoms with Crippen LogP contribution in [0.1, 0.15) is 50.5 Å². The van der Waals surface area contributed by atoms with Crippen molar-refractivity contribution in [1.82, 2.24) is 20.4 Å². The summed E-state index contributed by atoms with van der Waals surface area (Å²) in [7, 11) is 1.92. The lowest BCUT2D eigenvalue weighted by atomic mass is 9.81. The summed E-state index contributed by atoms with van der Waals surface area (Å²) >= 11 is 0. The van der Waals surface area contributed by atoms with Gasteiger partial charge in [-0.2, -0.15) is 5.10 Å². The number of anilines is 3. The number of rotatable bonds is 5. The zero-order chi connectivity index (χ0) is 23.5. The second kappa shape index (κ2) is 10.2. The number of benzene rings is 1. The molecule has 1 saturated heterocycles. The Labute approximate surface area is 201 Å². The minimum absolute atomic E-state index is 0.0213. The van der Waals surface area contributed by atoms with Gasteiger partial charge in [-0.15, -0.1) is 0 Å². The van der Waals surface area contributed by atoms with Crippen LogP contribution in [0.4, 0.5) is 17.2 Å². The highest BCUT2D eigenvalue weighted by atomic mass is 16.2. The van der Waals surface area contributed by atoms with Crippen molar-refractivity contribution < 1.29 is 9.59 Å². The summed E-state index contributed by atoms with van der Waals surface area (Å²) in [6, 6.07) is 8.00. The van der Waals surface area contributed by atoms with Crippen LogP contribution in [0.2, 0.25) is 0 Å². The van der Waals surface area contributed by atoms with Gasteiger partial charge in [0.2, 0.25) is 11.8 Å². The second-order valence-corrected chi connectivity index (χ2v) is 10.1. The summed E-state index contributed by atoms with van der Waals surface area (Å²) < 4.78 is 1.82. The van der Waals surface area contributed by atoms with E-state index in [0.29, 0.717) is 24.8 Å². The fourth-order valence-electron chi connectivity index (χ4n) is 5.67. The van der Waals surface area contributed by atoms with E-state index in [9.17, 15) is 9.59 Å². The zero-order valence-electron chi connectivity index (χ0n) is 20.1. The highest BCUT2D eigenvalue weighted by Crippen LogP contribution is 2.38. The molecule has 182 valence electrons. The van der Waals surface area contributed by atoms with E-state index in [0.717, 1.165) is 80.9 Å². The summed E-state index contributed by atoms with van der Waals surface area (Å²) in [4.78, 5) is 28.0. The standard InChI is InChI=1S/C26H36N6O2/c1-31-25-21(16-29-31)17-32(23-5-3-2-4-22(23)30-25)26(34)20-8-6-19(7-9-20)15-28-24(33)14-18-10-12-27-13-11-18/h2-5,16,18-20,27,30H,6-15,17H2,1H3,(H,28,33). The van der Waals surface area contributed by atoms with Gasteiger partial charge in [-0.05, 0) is 75.6 Å². The lowest BCUT2D eigenvalue weighted by molar-refractivity contribution is -0.124. The molecule has 2 amide bonds. The van der Waals surface area contributed by atoms with E-state index < -0.39 is 0 Å². The first-order valence-corrected chi connectivity index (χ1v) is 12.7. The first-order chi connectivity index (χ1) is 16.6. The molecule has 0 bridgehead atoms. The lowest BCUT2D eigenvalue weighted by Crippen LogP contribution is -2.39. The van der Waals surface area contributed by atoms with Crippen molar-refractivity contribution in [1.29, 1.82) is 0 Å². The van der Waals surface area contributed by atoms with Crippen LogP contribution in [0, 0.1) is 17.8 Å². The first-order valence-electron chi connectivity index (χ1n) is 12.7. The Balaban J connectivity index is 1.17. The van der Waals surface area contributed by atoms with Gasteiger partial charge in [0.05, 0.1) is 24.1 Å². The van der Waals surface area contributed by atoms with Gasteiger partial charge in [-0.3, -0.25) is 14.3 Å². The number of amides is 2. The molecular weight excluding hydrogens is 428 g/mol. The fourth-order valence-corrected chi connectivity index (χ4v) is 5.67. The molecule has 2 aromatic rings. The van der Waals surface area contributed by atoms with Gasteiger partial charge in [0.25, 0.3) is 0 Å². The van der Waals surface area contributed by atoms with E-state index >= 15 is 0 Å². The third-order valence-corrected chi connectivity index (χ3v) is 7.77. The normalized spacial score (nSPS) is 22.8. The Hall–Kier alpha value is -2.87. The van der Waals surface area contributed by atoms with Crippen LogP contribution >= 0.6 is 0 Å². The van der Waals surface area contributed by atoms with Crippen LogP contribution < -0.4 is 20.9 Å². The summed E-state index contributed by atoms with van der Waals surface area (Å²) in [6.07, 6.45) is 8.39. The largest absolute Gasteiger partial charge is 0.356 e. The molecule has 0 spiro atoms. The van der Waals surface area contributed by atoms with Crippen molar-refractivity contribution in [3.8, 4) is 0 Å². The van der Waals surface area contributed by atoms with E-state index in [-0.39, 0.29) is 17.7 Å². The Kier molecular flexibility index (Phi) is 6.85. The Morgan fingerprint density at radius 2 is 1.82 bits per heavy atom. The lowest BCUT2D eigenvalue weighted by Gasteiger charge is -2.32. The minimum Gasteiger partial charge on any atom is -0.356 e. The van der Waals surface area contributed by atoms with Crippen molar-refractivity contribution in [3.63, 3.8) is 0 Å². The minimum atomic E-state index is 0.0213. The van der Waals surface area contributed by atoms with Gasteiger partial charge in [-0.25, -0.2) is 0 Å². The molecule has 3 aliphatic rings. The first kappa shape index (κ1) is 22.9. The summed E-state index contributed by atoms with van der Waals surface area (Å²) in [5, 5.41) is 14.4. The molecule has 1 aromatic carbocycles. The quantitative estimate of drug-likeness (QED) is 0.632. The van der Waals surface area contributed by atoms with Gasteiger partial charge >= 0.3 is 0 Å². The molecule has 3 heterocycles. The van der Waals surface area contributed by atoms with Gasteiger partial charge in [0, 0.05) is 31.5 Å². The molecule has 3 N–H and O–H groups in total. The van der Waals surface area contributed by atoms with Crippen molar-refractivity contribution in [3.05, 3.63) is 36.0 Å². The van der Waals surface area contributed by atoms with E-state index in [1.54, 1.807) is 0 Å². The number of aryl methyl sites for hydroxylation is 1. The number of hydrogen-bond donors (Lipinski definition) is 3. The van der Waals surface area contributed by atoms with Crippen LogP contribution in [0.5, 0.6) is 0 Å². The maximum atomic E-state index is 13.7. The predicted molar refractivity (Wildman–Crippen MR) is 133 cm³/mol. The van der Waals surface area contributed by atoms with Gasteiger partial charge in [0.15, 0.2) is 0 Å². The summed E-state index contributed by atoms with van der Waals surface area (Å²) in [5.41, 5.74) is 2.89. The van der Waals surface area contributed by atoms with E-state index in [1.807, 2.05) is 47.1 Å². The highest BCUT2D eigenvalue weighted by molar-refractivity contribution is 5.99. The smallest absolute Gasteiger partial charge is 0.230 e. The third kappa shape index (κ3) is 4.97. The zero-order valence-corrected chi connectivity index (χ0v) is 20.1. The van der Waals surface area contributed by atoms with Crippen molar-refractivity contribution in [2.75, 3.05) is 29.9 Å². The molecule has 8 nitrogen and oxygen atoms in total. The van der Waals surface area contributed by atoms with Crippen LogP contribution in [-0.4, -0.2) is 41.2 Å². The number of carbonyl (C=O) groups is 2. The van der Waals surface area contributed by atoms with Crippen LogP contribution in [-0.2, 0) is 23.2 Å². The monoisotopic (exact) mass is 464 g/mol. The van der Waals surface area contributed by atoms with Gasteiger partial charge in [0.1, 0.15) is 5.82 Å². The molecule has 2 fully saturated rings. The molecule has 34 heavy (non-hydrogen) atoms. The predicted octanol–water partition coefficient (Wildman–Crippen LogP) is 3.32. The number of carbonyl (C=O) groups excluding carboxylic acids is 2. The Morgan fingerprint density at radius 3 is 2.62 bits per heavy atom. The molecular formula is C26H36N6O2. The Bertz CT molecular complexity index is 1020. The maximum Gasteiger partial charge on any atom is 0.230 e. The SMILES string of the molecule is Cn1ncc2c1Nc1ccccc1N(C(=O)C1CCC(CNC(=O)CC3CCNCC3)CC1)C2.